The fourth-order valence-corrected chi connectivity index (χ4v) is 3.73. The third-order valence-corrected chi connectivity index (χ3v) is 5.69. The molecule has 1 heterocycles. The van der Waals surface area contributed by atoms with Gasteiger partial charge in [0.2, 0.25) is 0 Å². The van der Waals surface area contributed by atoms with Crippen molar-refractivity contribution in [3.63, 3.8) is 0 Å². The van der Waals surface area contributed by atoms with Gasteiger partial charge in [0, 0.05) is 52.0 Å². The van der Waals surface area contributed by atoms with E-state index in [-0.39, 0.29) is 6.54 Å². The summed E-state index contributed by atoms with van der Waals surface area (Å²) < 4.78 is 0. The molecular formula is C22H38N6O2S. The Kier molecular flexibility index (Phi) is 12.4. The molecule has 1 aromatic carbocycles. The van der Waals surface area contributed by atoms with Crippen molar-refractivity contribution < 1.29 is 9.90 Å². The maximum Gasteiger partial charge on any atom is 0.317 e. The monoisotopic (exact) mass is 450 g/mol. The van der Waals surface area contributed by atoms with Crippen molar-refractivity contribution in [2.75, 3.05) is 77.8 Å². The minimum absolute atomic E-state index is 0.112. The summed E-state index contributed by atoms with van der Waals surface area (Å²) in [6.45, 7) is 8.43. The lowest BCUT2D eigenvalue weighted by Gasteiger charge is -2.26. The van der Waals surface area contributed by atoms with Gasteiger partial charge in [-0.1, -0.05) is 12.1 Å². The van der Waals surface area contributed by atoms with Crippen LogP contribution in [-0.4, -0.2) is 98.5 Å². The maximum atomic E-state index is 11.2. The molecule has 8 nitrogen and oxygen atoms in total. The van der Waals surface area contributed by atoms with Crippen LogP contribution in [0.1, 0.15) is 18.4 Å². The zero-order chi connectivity index (χ0) is 22.3. The Labute approximate surface area is 191 Å². The molecule has 1 aromatic rings. The van der Waals surface area contributed by atoms with Crippen molar-refractivity contribution in [1.82, 2.24) is 25.8 Å². The van der Waals surface area contributed by atoms with Gasteiger partial charge in [-0.3, -0.25) is 9.69 Å². The molecule has 2 rings (SSSR count). The highest BCUT2D eigenvalue weighted by Gasteiger charge is 2.12. The molecule has 1 saturated heterocycles. The molecule has 1 aliphatic heterocycles. The molecule has 0 aliphatic carbocycles. The van der Waals surface area contributed by atoms with Crippen molar-refractivity contribution in [3.8, 4) is 0 Å². The fourth-order valence-electron chi connectivity index (χ4n) is 3.61. The number of carbonyl (C=O) groups is 1. The van der Waals surface area contributed by atoms with Crippen molar-refractivity contribution in [2.45, 2.75) is 19.3 Å². The molecule has 9 heteroatoms. The van der Waals surface area contributed by atoms with Gasteiger partial charge in [-0.15, -0.1) is 0 Å². The van der Waals surface area contributed by atoms with E-state index in [1.54, 1.807) is 7.05 Å². The predicted octanol–water partition coefficient (Wildman–Crippen LogP) is 0.807. The number of hydrogen-bond acceptors (Lipinski definition) is 6. The third-order valence-electron chi connectivity index (χ3n) is 5.38. The first-order valence-electron chi connectivity index (χ1n) is 11.2. The number of nitrogens with zero attached hydrogens (tertiary/aromatic N) is 2. The van der Waals surface area contributed by atoms with E-state index in [9.17, 15) is 9.90 Å². The number of hydrogen-bond donors (Lipinski definition) is 5. The molecule has 0 saturated carbocycles. The van der Waals surface area contributed by atoms with Gasteiger partial charge in [-0.25, -0.2) is 0 Å². The van der Waals surface area contributed by atoms with Gasteiger partial charge >= 0.3 is 5.97 Å². The summed E-state index contributed by atoms with van der Waals surface area (Å²) in [5.41, 5.74) is 2.28. The molecule has 5 N–H and O–H groups in total. The topological polar surface area (TPSA) is 91.9 Å². The van der Waals surface area contributed by atoms with Gasteiger partial charge in [0.05, 0.1) is 6.54 Å². The van der Waals surface area contributed by atoms with Crippen LogP contribution in [0.15, 0.2) is 24.3 Å². The van der Waals surface area contributed by atoms with E-state index in [4.69, 9.17) is 12.2 Å². The van der Waals surface area contributed by atoms with Gasteiger partial charge in [-0.05, 0) is 68.8 Å². The van der Waals surface area contributed by atoms with Crippen LogP contribution in [-0.2, 0) is 11.2 Å². The van der Waals surface area contributed by atoms with Gasteiger partial charge in [0.15, 0.2) is 5.11 Å². The zero-order valence-electron chi connectivity index (χ0n) is 18.7. The first-order valence-corrected chi connectivity index (χ1v) is 11.6. The van der Waals surface area contributed by atoms with Crippen molar-refractivity contribution in [3.05, 3.63) is 29.8 Å². The Hall–Kier alpha value is -1.78. The molecule has 0 spiro atoms. The molecule has 1 fully saturated rings. The van der Waals surface area contributed by atoms with Crippen LogP contribution in [0.2, 0.25) is 0 Å². The number of nitrogens with one attached hydrogen (secondary N) is 4. The second kappa shape index (κ2) is 15.1. The molecule has 31 heavy (non-hydrogen) atoms. The van der Waals surface area contributed by atoms with Gasteiger partial charge in [-0.2, -0.15) is 0 Å². The number of benzene rings is 1. The Morgan fingerprint density at radius 2 is 1.65 bits per heavy atom. The Morgan fingerprint density at radius 1 is 1.00 bits per heavy atom. The lowest BCUT2D eigenvalue weighted by Crippen LogP contribution is -2.40. The van der Waals surface area contributed by atoms with E-state index < -0.39 is 5.97 Å². The van der Waals surface area contributed by atoms with Crippen molar-refractivity contribution in [1.29, 1.82) is 0 Å². The van der Waals surface area contributed by atoms with E-state index in [2.05, 4.69) is 50.4 Å². The summed E-state index contributed by atoms with van der Waals surface area (Å²) in [4.78, 5) is 15.7. The molecule has 0 aromatic heterocycles. The second-order valence-corrected chi connectivity index (χ2v) is 8.28. The normalized spacial score (nSPS) is 18.1. The van der Waals surface area contributed by atoms with Gasteiger partial charge < -0.3 is 31.3 Å². The summed E-state index contributed by atoms with van der Waals surface area (Å²) in [6.07, 6.45) is 3.04. The number of aliphatic carboxylic acids is 1. The summed E-state index contributed by atoms with van der Waals surface area (Å²) >= 11 is 5.14. The van der Waals surface area contributed by atoms with E-state index in [0.717, 1.165) is 83.9 Å². The van der Waals surface area contributed by atoms with Crippen LogP contribution in [0, 0.1) is 0 Å². The van der Waals surface area contributed by atoms with Crippen LogP contribution < -0.4 is 21.3 Å². The lowest BCUT2D eigenvalue weighted by molar-refractivity contribution is -0.138. The number of thiocarbonyl (C=S) groups is 1. The zero-order valence-corrected chi connectivity index (χ0v) is 19.5. The molecule has 0 atom stereocenters. The first kappa shape index (κ1) is 25.5. The highest BCUT2D eigenvalue weighted by molar-refractivity contribution is 7.80. The molecule has 0 amide bonds. The van der Waals surface area contributed by atoms with E-state index in [1.807, 2.05) is 4.90 Å². The lowest BCUT2D eigenvalue weighted by atomic mass is 10.1. The third kappa shape index (κ3) is 11.4. The summed E-state index contributed by atoms with van der Waals surface area (Å²) in [6, 6.07) is 8.40. The Morgan fingerprint density at radius 3 is 2.29 bits per heavy atom. The van der Waals surface area contributed by atoms with Gasteiger partial charge in [0.25, 0.3) is 0 Å². The fraction of sp³-hybridized carbons (Fsp3) is 0.636. The second-order valence-electron chi connectivity index (χ2n) is 7.87. The molecule has 0 radical (unpaired) electrons. The number of carboxylic acids is 1. The predicted molar refractivity (Wildman–Crippen MR) is 131 cm³/mol. The minimum atomic E-state index is -0.754. The van der Waals surface area contributed by atoms with E-state index >= 15 is 0 Å². The van der Waals surface area contributed by atoms with Gasteiger partial charge in [0.1, 0.15) is 0 Å². The molecular weight excluding hydrogens is 412 g/mol. The number of rotatable bonds is 6. The van der Waals surface area contributed by atoms with E-state index in [0.29, 0.717) is 5.11 Å². The largest absolute Gasteiger partial charge is 0.480 e. The summed E-state index contributed by atoms with van der Waals surface area (Å²) in [5, 5.41) is 22.8. The highest BCUT2D eigenvalue weighted by atomic mass is 32.1. The quantitative estimate of drug-likeness (QED) is 0.404. The average Bonchev–Trinajstić information content (AvgIpc) is 2.75. The smallest absolute Gasteiger partial charge is 0.317 e. The number of anilines is 1. The van der Waals surface area contributed by atoms with Crippen LogP contribution in [0.4, 0.5) is 5.69 Å². The maximum absolute atomic E-state index is 11.2. The Balaban J connectivity index is 1.86. The van der Waals surface area contributed by atoms with E-state index in [1.165, 1.54) is 5.56 Å². The SMILES string of the molecule is CNC(=S)Nc1ccc(CCN2CCCN(CC(=O)O)CCNCCCNCC2)cc1. The molecule has 0 bridgehead atoms. The van der Waals surface area contributed by atoms with Crippen molar-refractivity contribution in [2.24, 2.45) is 0 Å². The first-order chi connectivity index (χ1) is 15.1. The molecule has 1 aliphatic rings. The molecule has 0 unspecified atom stereocenters. The minimum Gasteiger partial charge on any atom is -0.480 e. The van der Waals surface area contributed by atoms with Crippen LogP contribution in [0.5, 0.6) is 0 Å². The molecule has 174 valence electrons. The van der Waals surface area contributed by atoms with Crippen LogP contribution in [0.3, 0.4) is 0 Å². The summed E-state index contributed by atoms with van der Waals surface area (Å²) in [5.74, 6) is -0.754. The van der Waals surface area contributed by atoms with Crippen molar-refractivity contribution >= 4 is 29.0 Å². The number of carboxylic acid groups (broad SMARTS) is 1. The Bertz CT molecular complexity index is 658. The standard InChI is InChI=1S/C22H38N6O2S/c1-23-22(31)26-20-6-4-19(5-7-20)8-15-27-13-3-14-28(18-21(29)30)17-12-25-10-2-9-24-11-16-27/h4-7,24-25H,2-3,8-18H2,1H3,(H,29,30)(H2,23,26,31). The van der Waals surface area contributed by atoms with Crippen LogP contribution in [0.25, 0.3) is 0 Å². The average molecular weight is 451 g/mol. The van der Waals surface area contributed by atoms with Crippen LogP contribution >= 0.6 is 12.2 Å². The summed E-state index contributed by atoms with van der Waals surface area (Å²) in [7, 11) is 1.80. The highest BCUT2D eigenvalue weighted by Crippen LogP contribution is 2.11.